The molecule has 0 amide bonds. The summed E-state index contributed by atoms with van der Waals surface area (Å²) in [6, 6.07) is 10.8. The molecule has 0 aliphatic rings. The monoisotopic (exact) mass is 242 g/mol. The maximum atomic E-state index is 9.88. The molecule has 0 radical (unpaired) electrons. The lowest BCUT2D eigenvalue weighted by Gasteiger charge is -2.04. The predicted molar refractivity (Wildman–Crippen MR) is 70.9 cm³/mol. The number of aliphatic imine (C=N–C) groups is 1. The van der Waals surface area contributed by atoms with Gasteiger partial charge in [0.2, 0.25) is 0 Å². The van der Waals surface area contributed by atoms with Crippen molar-refractivity contribution < 1.29 is 9.84 Å². The third kappa shape index (κ3) is 2.66. The highest BCUT2D eigenvalue weighted by molar-refractivity contribution is 5.86. The molecule has 1 heterocycles. The molecular weight excluding hydrogens is 228 g/mol. The number of hydrogen-bond acceptors (Lipinski definition) is 4. The van der Waals surface area contributed by atoms with Crippen LogP contribution in [-0.2, 0) is 0 Å². The minimum absolute atomic E-state index is 0.0800. The highest BCUT2D eigenvalue weighted by Crippen LogP contribution is 2.28. The van der Waals surface area contributed by atoms with Crippen LogP contribution in [0.4, 0.5) is 5.82 Å². The van der Waals surface area contributed by atoms with Crippen LogP contribution in [0.25, 0.3) is 0 Å². The van der Waals surface area contributed by atoms with Gasteiger partial charge in [0.15, 0.2) is 17.3 Å². The van der Waals surface area contributed by atoms with E-state index in [4.69, 9.17) is 4.74 Å². The summed E-state index contributed by atoms with van der Waals surface area (Å²) in [5.74, 6) is 1.12. The molecule has 2 aromatic rings. The first-order valence-electron chi connectivity index (χ1n) is 5.54. The lowest BCUT2D eigenvalue weighted by atomic mass is 10.2. The van der Waals surface area contributed by atoms with Crippen LogP contribution < -0.4 is 4.74 Å². The van der Waals surface area contributed by atoms with Gasteiger partial charge < -0.3 is 9.84 Å². The number of benzene rings is 1. The molecule has 0 atom stereocenters. The molecule has 0 aliphatic carbocycles. The molecular formula is C14H14N2O2. The fourth-order valence-electron chi connectivity index (χ4n) is 1.54. The molecule has 92 valence electrons. The van der Waals surface area contributed by atoms with Crippen molar-refractivity contribution in [3.05, 3.63) is 47.7 Å². The number of nitrogens with zero attached hydrogens (tertiary/aromatic N) is 2. The molecule has 0 spiro atoms. The van der Waals surface area contributed by atoms with E-state index >= 15 is 0 Å². The second-order valence-electron chi connectivity index (χ2n) is 3.79. The fourth-order valence-corrected chi connectivity index (χ4v) is 1.54. The number of rotatable bonds is 3. The van der Waals surface area contributed by atoms with Crippen molar-refractivity contribution >= 4 is 12.0 Å². The molecule has 0 fully saturated rings. The zero-order valence-electron chi connectivity index (χ0n) is 10.3. The normalized spacial score (nSPS) is 10.8. The second-order valence-corrected chi connectivity index (χ2v) is 3.79. The first-order valence-corrected chi connectivity index (χ1v) is 5.54. The van der Waals surface area contributed by atoms with Crippen molar-refractivity contribution in [3.8, 4) is 11.5 Å². The SMILES string of the molecule is COc1cccc(C=Nc2cccc(C)n2)c1O. The molecule has 0 saturated carbocycles. The fraction of sp³-hybridized carbons (Fsp3) is 0.143. The van der Waals surface area contributed by atoms with Gasteiger partial charge in [-0.05, 0) is 31.2 Å². The maximum Gasteiger partial charge on any atom is 0.166 e. The number of aromatic hydroxyl groups is 1. The Bertz CT molecular complexity index is 580. The first-order chi connectivity index (χ1) is 8.70. The zero-order valence-corrected chi connectivity index (χ0v) is 10.3. The number of phenolic OH excluding ortho intramolecular Hbond substituents is 1. The van der Waals surface area contributed by atoms with Gasteiger partial charge >= 0.3 is 0 Å². The van der Waals surface area contributed by atoms with Gasteiger partial charge in [-0.15, -0.1) is 0 Å². The van der Waals surface area contributed by atoms with E-state index in [9.17, 15) is 5.11 Å². The molecule has 4 heteroatoms. The van der Waals surface area contributed by atoms with E-state index in [2.05, 4.69) is 9.98 Å². The molecule has 0 aliphatic heterocycles. The Kier molecular flexibility index (Phi) is 3.57. The molecule has 2 rings (SSSR count). The van der Waals surface area contributed by atoms with Gasteiger partial charge in [0.1, 0.15) is 0 Å². The van der Waals surface area contributed by atoms with E-state index in [1.165, 1.54) is 7.11 Å². The number of aromatic nitrogens is 1. The lowest BCUT2D eigenvalue weighted by Crippen LogP contribution is -1.88. The van der Waals surface area contributed by atoms with Crippen LogP contribution in [0.3, 0.4) is 0 Å². The lowest BCUT2D eigenvalue weighted by molar-refractivity contribution is 0.373. The van der Waals surface area contributed by atoms with E-state index in [-0.39, 0.29) is 5.75 Å². The Morgan fingerprint density at radius 3 is 2.72 bits per heavy atom. The van der Waals surface area contributed by atoms with E-state index in [1.807, 2.05) is 19.1 Å². The number of para-hydroxylation sites is 1. The van der Waals surface area contributed by atoms with Crippen LogP contribution in [0.2, 0.25) is 0 Å². The van der Waals surface area contributed by atoms with E-state index in [0.717, 1.165) is 5.69 Å². The number of hydrogen-bond donors (Lipinski definition) is 1. The van der Waals surface area contributed by atoms with Crippen LogP contribution >= 0.6 is 0 Å². The smallest absolute Gasteiger partial charge is 0.166 e. The van der Waals surface area contributed by atoms with Gasteiger partial charge in [0.25, 0.3) is 0 Å². The summed E-state index contributed by atoms with van der Waals surface area (Å²) >= 11 is 0. The molecule has 0 unspecified atom stereocenters. The Morgan fingerprint density at radius 1 is 1.22 bits per heavy atom. The van der Waals surface area contributed by atoms with Crippen molar-refractivity contribution in [1.82, 2.24) is 4.98 Å². The molecule has 0 saturated heterocycles. The number of aryl methyl sites for hydroxylation is 1. The van der Waals surface area contributed by atoms with Crippen molar-refractivity contribution in [1.29, 1.82) is 0 Å². The molecule has 1 N–H and O–H groups in total. The van der Waals surface area contributed by atoms with Gasteiger partial charge in [-0.25, -0.2) is 9.98 Å². The quantitative estimate of drug-likeness (QED) is 0.842. The summed E-state index contributed by atoms with van der Waals surface area (Å²) in [6.45, 7) is 1.90. The highest BCUT2D eigenvalue weighted by Gasteiger charge is 2.04. The summed E-state index contributed by atoms with van der Waals surface area (Å²) in [5.41, 5.74) is 1.50. The number of ether oxygens (including phenoxy) is 1. The molecule has 18 heavy (non-hydrogen) atoms. The third-order valence-electron chi connectivity index (χ3n) is 2.46. The highest BCUT2D eigenvalue weighted by atomic mass is 16.5. The van der Waals surface area contributed by atoms with Crippen molar-refractivity contribution in [2.24, 2.45) is 4.99 Å². The predicted octanol–water partition coefficient (Wildman–Crippen LogP) is 2.85. The minimum Gasteiger partial charge on any atom is -0.504 e. The molecule has 0 bridgehead atoms. The number of pyridine rings is 1. The average molecular weight is 242 g/mol. The Balaban J connectivity index is 2.29. The van der Waals surface area contributed by atoms with Gasteiger partial charge in [-0.3, -0.25) is 0 Å². The largest absolute Gasteiger partial charge is 0.504 e. The third-order valence-corrected chi connectivity index (χ3v) is 2.46. The standard InChI is InChI=1S/C14H14N2O2/c1-10-5-3-8-13(16-10)15-9-11-6-4-7-12(18-2)14(11)17/h3-9,17H,1-2H3. The molecule has 1 aromatic heterocycles. The zero-order chi connectivity index (χ0) is 13.0. The van der Waals surface area contributed by atoms with Crippen molar-refractivity contribution in [2.45, 2.75) is 6.92 Å². The van der Waals surface area contributed by atoms with E-state index in [1.54, 1.807) is 30.5 Å². The van der Waals surface area contributed by atoms with Gasteiger partial charge in [-0.1, -0.05) is 12.1 Å². The summed E-state index contributed by atoms with van der Waals surface area (Å²) in [7, 11) is 1.51. The summed E-state index contributed by atoms with van der Waals surface area (Å²) in [4.78, 5) is 8.47. The first kappa shape index (κ1) is 12.1. The van der Waals surface area contributed by atoms with Gasteiger partial charge in [0, 0.05) is 17.5 Å². The van der Waals surface area contributed by atoms with Crippen molar-refractivity contribution in [3.63, 3.8) is 0 Å². The summed E-state index contributed by atoms with van der Waals surface area (Å²) in [6.07, 6.45) is 1.57. The topological polar surface area (TPSA) is 54.7 Å². The van der Waals surface area contributed by atoms with Crippen LogP contribution in [0, 0.1) is 6.92 Å². The maximum absolute atomic E-state index is 9.88. The van der Waals surface area contributed by atoms with Gasteiger partial charge in [0.05, 0.1) is 7.11 Å². The van der Waals surface area contributed by atoms with Crippen LogP contribution in [0.5, 0.6) is 11.5 Å². The Hall–Kier alpha value is -2.36. The Morgan fingerprint density at radius 2 is 2.00 bits per heavy atom. The number of methoxy groups -OCH3 is 1. The van der Waals surface area contributed by atoms with E-state index in [0.29, 0.717) is 17.1 Å². The van der Waals surface area contributed by atoms with Crippen LogP contribution in [0.15, 0.2) is 41.4 Å². The van der Waals surface area contributed by atoms with Crippen LogP contribution in [0.1, 0.15) is 11.3 Å². The minimum atomic E-state index is 0.0800. The molecule has 1 aromatic carbocycles. The van der Waals surface area contributed by atoms with E-state index < -0.39 is 0 Å². The summed E-state index contributed by atoms with van der Waals surface area (Å²) < 4.78 is 5.03. The molecule has 4 nitrogen and oxygen atoms in total. The number of phenols is 1. The second kappa shape index (κ2) is 5.31. The average Bonchev–Trinajstić information content (AvgIpc) is 2.38. The van der Waals surface area contributed by atoms with Crippen molar-refractivity contribution in [2.75, 3.05) is 7.11 Å². The summed E-state index contributed by atoms with van der Waals surface area (Å²) in [5, 5.41) is 9.88. The van der Waals surface area contributed by atoms with Gasteiger partial charge in [-0.2, -0.15) is 0 Å². The van der Waals surface area contributed by atoms with Crippen LogP contribution in [-0.4, -0.2) is 23.4 Å². The Labute approximate surface area is 106 Å².